The highest BCUT2D eigenvalue weighted by molar-refractivity contribution is 6.17. The Morgan fingerprint density at radius 1 is 0.116 bits per heavy atom. The summed E-state index contributed by atoms with van der Waals surface area (Å²) in [6, 6.07) is 199. The van der Waals surface area contributed by atoms with Gasteiger partial charge in [0.1, 0.15) is 0 Å². The van der Waals surface area contributed by atoms with Crippen LogP contribution in [0.3, 0.4) is 0 Å². The van der Waals surface area contributed by atoms with Gasteiger partial charge in [-0.25, -0.2) is 0 Å². The molecule has 0 saturated heterocycles. The molecule has 0 atom stereocenters. The van der Waals surface area contributed by atoms with E-state index in [2.05, 4.69) is 587 Å². The maximum Gasteiger partial charge on any atom is 0.0541 e. The van der Waals surface area contributed by atoms with Crippen molar-refractivity contribution in [3.63, 3.8) is 0 Å². The number of benzene rings is 23. The van der Waals surface area contributed by atoms with E-state index in [1.54, 1.807) is 0 Å². The molecule has 6 heteroatoms. The Bertz CT molecular complexity index is 10100. The van der Waals surface area contributed by atoms with Crippen LogP contribution in [0.25, 0.3) is 254 Å². The van der Waals surface area contributed by atoms with Crippen LogP contribution in [0.4, 0.5) is 0 Å². The topological polar surface area (TPSA) is 29.6 Å². The second-order valence-corrected chi connectivity index (χ2v) is 39.4. The molecule has 0 aliphatic heterocycles. The lowest BCUT2D eigenvalue weighted by Gasteiger charge is -2.22. The second-order valence-electron chi connectivity index (χ2n) is 39.4. The highest BCUT2D eigenvalue weighted by atomic mass is 15.0. The van der Waals surface area contributed by atoms with Gasteiger partial charge in [0.25, 0.3) is 0 Å². The van der Waals surface area contributed by atoms with E-state index in [1.165, 1.54) is 242 Å². The maximum absolute atomic E-state index is 2.45. The van der Waals surface area contributed by atoms with Crippen LogP contribution < -0.4 is 0 Å². The molecular formula is C141H96N6. The molecule has 1 aliphatic carbocycles. The Morgan fingerprint density at radius 3 is 0.612 bits per heavy atom. The Hall–Kier alpha value is -19.1. The third-order valence-electron chi connectivity index (χ3n) is 30.7. The molecule has 0 unspecified atom stereocenters. The van der Waals surface area contributed by atoms with Gasteiger partial charge in [0, 0.05) is 104 Å². The van der Waals surface area contributed by atoms with Crippen LogP contribution >= 0.6 is 0 Å². The summed E-state index contributed by atoms with van der Waals surface area (Å²) in [4.78, 5) is 0. The Kier molecular flexibility index (Phi) is 20.6. The van der Waals surface area contributed by atoms with E-state index in [-0.39, 0.29) is 5.41 Å². The first-order valence-corrected chi connectivity index (χ1v) is 50.8. The van der Waals surface area contributed by atoms with Gasteiger partial charge in [0.05, 0.1) is 66.2 Å². The van der Waals surface area contributed by atoms with Crippen LogP contribution in [0.5, 0.6) is 0 Å². The molecule has 6 nitrogen and oxygen atoms in total. The predicted molar refractivity (Wildman–Crippen MR) is 621 cm³/mol. The van der Waals surface area contributed by atoms with E-state index in [0.29, 0.717) is 0 Å². The lowest BCUT2D eigenvalue weighted by Crippen LogP contribution is -2.15. The highest BCUT2D eigenvalue weighted by Crippen LogP contribution is 2.51. The monoisotopic (exact) mass is 1870 g/mol. The van der Waals surface area contributed by atoms with Gasteiger partial charge in [0.2, 0.25) is 0 Å². The first kappa shape index (κ1) is 85.8. The molecule has 23 aromatic carbocycles. The zero-order chi connectivity index (χ0) is 97.3. The van der Waals surface area contributed by atoms with Crippen molar-refractivity contribution in [1.29, 1.82) is 0 Å². The van der Waals surface area contributed by atoms with E-state index in [9.17, 15) is 0 Å². The van der Waals surface area contributed by atoms with Crippen LogP contribution in [0.2, 0.25) is 0 Å². The second kappa shape index (κ2) is 35.2. The first-order valence-electron chi connectivity index (χ1n) is 50.8. The molecule has 690 valence electrons. The fourth-order valence-corrected chi connectivity index (χ4v) is 23.8. The standard InChI is InChI=1S/2C48H32N2.C45H32N2/c1-3-13-33(14-4-1)35-17-11-19-39(29-35)49-45-23-9-7-21-41(45)43-31-37(25-27-47(43)49)38-26-28-48-44(32-38)42-22-8-10-24-46(42)50(48)40-20-12-18-36(30-40)34-15-5-2-6-16-34;1-3-12-33(13-4-1)35-22-26-39(27-23-35)49-45-20-9-7-18-41(45)43-31-37(24-28-47(43)49)38-25-29-48-44(32-38)42-19-8-10-21-46(42)50(48)40-17-11-16-36(30-40)34-14-5-2-6-15-34;1-45(2)39-17-9-6-14-33(39)34-23-22-32(28-40(34)45)47-42-19-11-8-16-36(42)38-27-30(21-25-44(38)47)29-20-24-43-37(26-29)35-15-7-10-18-41(35)46(43)31-12-4-3-5-13-31/h2*1-32H;3-28H,1-2H3. The quantitative estimate of drug-likeness (QED) is 0.110. The van der Waals surface area contributed by atoms with Crippen molar-refractivity contribution in [2.75, 3.05) is 0 Å². The predicted octanol–water partition coefficient (Wildman–Crippen LogP) is 37.6. The zero-order valence-electron chi connectivity index (χ0n) is 81.1. The lowest BCUT2D eigenvalue weighted by molar-refractivity contribution is 0.660. The summed E-state index contributed by atoms with van der Waals surface area (Å²) in [5.41, 5.74) is 44.1. The molecule has 147 heavy (non-hydrogen) atoms. The molecule has 0 bridgehead atoms. The van der Waals surface area contributed by atoms with Crippen LogP contribution in [-0.4, -0.2) is 27.4 Å². The first-order chi connectivity index (χ1) is 72.7. The van der Waals surface area contributed by atoms with Crippen LogP contribution in [0, 0.1) is 0 Å². The summed E-state index contributed by atoms with van der Waals surface area (Å²) < 4.78 is 14.4. The largest absolute Gasteiger partial charge is 0.309 e. The minimum absolute atomic E-state index is 0.0455. The van der Waals surface area contributed by atoms with E-state index in [4.69, 9.17) is 0 Å². The highest BCUT2D eigenvalue weighted by Gasteiger charge is 2.36. The van der Waals surface area contributed by atoms with E-state index in [0.717, 1.165) is 22.7 Å². The van der Waals surface area contributed by atoms with Crippen LogP contribution in [0.15, 0.2) is 546 Å². The van der Waals surface area contributed by atoms with Gasteiger partial charge >= 0.3 is 0 Å². The number of para-hydroxylation sites is 7. The zero-order valence-corrected chi connectivity index (χ0v) is 81.1. The Morgan fingerprint density at radius 2 is 0.306 bits per heavy atom. The fourth-order valence-electron chi connectivity index (χ4n) is 23.8. The van der Waals surface area contributed by atoms with E-state index < -0.39 is 0 Å². The van der Waals surface area contributed by atoms with Crippen molar-refractivity contribution < 1.29 is 0 Å². The van der Waals surface area contributed by atoms with E-state index in [1.807, 2.05) is 0 Å². The molecule has 0 N–H and O–H groups in total. The van der Waals surface area contributed by atoms with Gasteiger partial charge in [-0.15, -0.1) is 0 Å². The van der Waals surface area contributed by atoms with Gasteiger partial charge in [0.15, 0.2) is 0 Å². The molecule has 0 radical (unpaired) electrons. The van der Waals surface area contributed by atoms with Crippen molar-refractivity contribution in [2.45, 2.75) is 19.3 Å². The average Bonchev–Trinajstić information content (AvgIpc) is 1.38. The van der Waals surface area contributed by atoms with Gasteiger partial charge in [-0.3, -0.25) is 0 Å². The van der Waals surface area contributed by atoms with Gasteiger partial charge in [-0.1, -0.05) is 378 Å². The van der Waals surface area contributed by atoms with Crippen molar-refractivity contribution >= 4 is 131 Å². The van der Waals surface area contributed by atoms with Crippen LogP contribution in [-0.2, 0) is 5.41 Å². The Balaban J connectivity index is 0.000000107. The van der Waals surface area contributed by atoms with Crippen molar-refractivity contribution in [1.82, 2.24) is 27.4 Å². The summed E-state index contributed by atoms with van der Waals surface area (Å²) in [5.74, 6) is 0. The van der Waals surface area contributed by atoms with Crippen LogP contribution in [0.1, 0.15) is 25.0 Å². The molecular weight excluding hydrogens is 1780 g/mol. The Labute approximate surface area is 851 Å². The number of nitrogens with zero attached hydrogens (tertiary/aromatic N) is 6. The number of hydrogen-bond acceptors (Lipinski definition) is 0. The third-order valence-corrected chi connectivity index (χ3v) is 30.7. The smallest absolute Gasteiger partial charge is 0.0541 e. The molecule has 1 aliphatic rings. The molecule has 0 spiro atoms. The number of hydrogen-bond donors (Lipinski definition) is 0. The molecule has 6 heterocycles. The third kappa shape index (κ3) is 14.5. The van der Waals surface area contributed by atoms with Gasteiger partial charge < -0.3 is 27.4 Å². The number of rotatable bonds is 13. The minimum atomic E-state index is -0.0455. The lowest BCUT2D eigenvalue weighted by atomic mass is 9.82. The summed E-state index contributed by atoms with van der Waals surface area (Å²) >= 11 is 0. The molecule has 0 amide bonds. The summed E-state index contributed by atoms with van der Waals surface area (Å²) in [6.07, 6.45) is 0. The summed E-state index contributed by atoms with van der Waals surface area (Å²) in [5, 5.41) is 15.1. The molecule has 0 fully saturated rings. The maximum atomic E-state index is 2.45. The van der Waals surface area contributed by atoms with Crippen molar-refractivity contribution in [2.24, 2.45) is 0 Å². The molecule has 29 aromatic rings. The average molecular weight is 1870 g/mol. The van der Waals surface area contributed by atoms with Gasteiger partial charge in [-0.05, 0) is 282 Å². The van der Waals surface area contributed by atoms with E-state index >= 15 is 0 Å². The normalized spacial score (nSPS) is 12.2. The molecule has 0 saturated carbocycles. The minimum Gasteiger partial charge on any atom is -0.309 e. The summed E-state index contributed by atoms with van der Waals surface area (Å²) in [6.45, 7) is 4.71. The van der Waals surface area contributed by atoms with Gasteiger partial charge in [-0.2, -0.15) is 0 Å². The fraction of sp³-hybridized carbons (Fsp3) is 0.0213. The molecule has 6 aromatic heterocycles. The SMILES string of the molecule is CC1(C)c2ccccc2-c2ccc(-n3c4ccccc4c4cc(-c5ccc6c(c5)c5ccccc5n6-c5ccccc5)ccc43)cc21.c1ccc(-c2ccc(-n3c4ccccc4c4cc(-c5ccc6c(c5)c5ccccc5n6-c5cccc(-c6ccccc6)c5)ccc43)cc2)cc1.c1ccc(-c2cccc(-n3c4ccccc4c4cc(-c5ccc6c(c5)c5ccccc5n6-c5cccc(-c6ccccc6)c5)ccc43)c2)cc1. The number of aromatic nitrogens is 6. The number of fused-ring (bicyclic) bond motifs is 21. The van der Waals surface area contributed by atoms with Crippen molar-refractivity contribution in [3.05, 3.63) is 557 Å². The summed E-state index contributed by atoms with van der Waals surface area (Å²) in [7, 11) is 0. The molecule has 30 rings (SSSR count). The van der Waals surface area contributed by atoms with Crippen molar-refractivity contribution in [3.8, 4) is 123 Å².